The number of nitrogens with one attached hydrogen (secondary N) is 1. The van der Waals surface area contributed by atoms with Crippen molar-refractivity contribution in [2.24, 2.45) is 0 Å². The van der Waals surface area contributed by atoms with Crippen LogP contribution in [0.2, 0.25) is 10.0 Å². The van der Waals surface area contributed by atoms with Crippen molar-refractivity contribution < 1.29 is 19.5 Å². The molecule has 2 amide bonds. The molecule has 214 valence electrons. The Kier molecular flexibility index (Phi) is 10.9. The molecule has 0 atom stereocenters. The minimum absolute atomic E-state index is 0.0420. The molecule has 0 aliphatic heterocycles. The number of carboxylic acid groups (broad SMARTS) is 1. The number of hydrogen-bond acceptors (Lipinski definition) is 3. The minimum atomic E-state index is -0.981. The van der Waals surface area contributed by atoms with E-state index in [4.69, 9.17) is 28.3 Å². The van der Waals surface area contributed by atoms with Gasteiger partial charge in [0.05, 0.1) is 6.42 Å². The van der Waals surface area contributed by atoms with Crippen molar-refractivity contribution in [1.82, 2.24) is 10.2 Å². The smallest absolute Gasteiger partial charge is 0.305 e. The fourth-order valence-electron chi connectivity index (χ4n) is 4.52. The van der Waals surface area contributed by atoms with Crippen molar-refractivity contribution in [2.75, 3.05) is 13.1 Å². The van der Waals surface area contributed by atoms with Gasteiger partial charge in [0.1, 0.15) is 0 Å². The van der Waals surface area contributed by atoms with Gasteiger partial charge in [-0.3, -0.25) is 14.4 Å². The molecule has 2 N–H and O–H groups in total. The fraction of sp³-hybridized carbons (Fsp3) is 0.147. The van der Waals surface area contributed by atoms with E-state index in [1.807, 2.05) is 36.4 Å². The molecule has 0 aromatic heterocycles. The van der Waals surface area contributed by atoms with Gasteiger partial charge in [-0.2, -0.15) is 0 Å². The Balaban J connectivity index is 1.61. The third kappa shape index (κ3) is 8.56. The first kappa shape index (κ1) is 30.6. The third-order valence-electron chi connectivity index (χ3n) is 6.72. The van der Waals surface area contributed by atoms with Gasteiger partial charge in [0.15, 0.2) is 0 Å². The molecule has 0 saturated heterocycles. The molecule has 0 fully saturated rings. The predicted molar refractivity (Wildman–Crippen MR) is 167 cm³/mol. The molecule has 0 aliphatic rings. The first-order valence-corrected chi connectivity index (χ1v) is 14.2. The lowest BCUT2D eigenvalue weighted by atomic mass is 9.90. The summed E-state index contributed by atoms with van der Waals surface area (Å²) in [5.41, 5.74) is 3.95. The summed E-state index contributed by atoms with van der Waals surface area (Å²) in [6.45, 7) is 0.724. The number of carbonyl (C=O) groups is 3. The van der Waals surface area contributed by atoms with Gasteiger partial charge in [0.2, 0.25) is 5.91 Å². The standard InChI is InChI=1S/C34H30Cl2N2O4/c35-30-12-7-13-31(36)28(30)18-19-32(39)38(22-24-14-16-27(17-15-24)34(42)37-21-20-33(40)41)23-29(25-8-3-1-4-9-25)26-10-5-2-6-11-26/h1-19,29H,20-23H2,(H,37,42)(H,40,41). The molecular formula is C34H30Cl2N2O4. The number of aliphatic carboxylic acids is 1. The lowest BCUT2D eigenvalue weighted by Crippen LogP contribution is -2.33. The van der Waals surface area contributed by atoms with Gasteiger partial charge in [-0.1, -0.05) is 102 Å². The number of rotatable bonds is 12. The molecule has 0 spiro atoms. The molecule has 0 unspecified atom stereocenters. The Morgan fingerprint density at radius 2 is 1.36 bits per heavy atom. The summed E-state index contributed by atoms with van der Waals surface area (Å²) in [7, 11) is 0. The summed E-state index contributed by atoms with van der Waals surface area (Å²) in [5, 5.41) is 12.3. The van der Waals surface area contributed by atoms with E-state index in [1.54, 1.807) is 53.4 Å². The van der Waals surface area contributed by atoms with E-state index in [2.05, 4.69) is 29.6 Å². The summed E-state index contributed by atoms with van der Waals surface area (Å²) in [6.07, 6.45) is 2.95. The van der Waals surface area contributed by atoms with E-state index < -0.39 is 5.97 Å². The van der Waals surface area contributed by atoms with Crippen LogP contribution in [-0.2, 0) is 16.1 Å². The van der Waals surface area contributed by atoms with E-state index in [9.17, 15) is 14.4 Å². The number of nitrogens with zero attached hydrogens (tertiary/aromatic N) is 1. The largest absolute Gasteiger partial charge is 0.481 e. The van der Waals surface area contributed by atoms with Crippen LogP contribution < -0.4 is 5.32 Å². The van der Waals surface area contributed by atoms with Gasteiger partial charge in [0, 0.05) is 52.8 Å². The number of carbonyl (C=O) groups excluding carboxylic acids is 2. The van der Waals surface area contributed by atoms with E-state index in [1.165, 1.54) is 6.08 Å². The highest BCUT2D eigenvalue weighted by Gasteiger charge is 2.21. The van der Waals surface area contributed by atoms with Crippen molar-refractivity contribution in [2.45, 2.75) is 18.9 Å². The topological polar surface area (TPSA) is 86.7 Å². The van der Waals surface area contributed by atoms with Crippen molar-refractivity contribution >= 4 is 47.1 Å². The van der Waals surface area contributed by atoms with Gasteiger partial charge in [0.25, 0.3) is 5.91 Å². The van der Waals surface area contributed by atoms with Crippen LogP contribution >= 0.6 is 23.2 Å². The van der Waals surface area contributed by atoms with E-state index in [0.717, 1.165) is 16.7 Å². The number of halogens is 2. The van der Waals surface area contributed by atoms with Crippen molar-refractivity contribution in [1.29, 1.82) is 0 Å². The molecule has 0 saturated carbocycles. The second-order valence-electron chi connectivity index (χ2n) is 9.66. The Labute approximate surface area is 255 Å². The average molecular weight is 602 g/mol. The second kappa shape index (κ2) is 15.0. The van der Waals surface area contributed by atoms with Crippen LogP contribution in [0.15, 0.2) is 109 Å². The summed E-state index contributed by atoms with van der Waals surface area (Å²) < 4.78 is 0. The maximum absolute atomic E-state index is 13.7. The minimum Gasteiger partial charge on any atom is -0.481 e. The highest BCUT2D eigenvalue weighted by molar-refractivity contribution is 6.37. The molecule has 0 radical (unpaired) electrons. The highest BCUT2D eigenvalue weighted by Crippen LogP contribution is 2.28. The fourth-order valence-corrected chi connectivity index (χ4v) is 5.05. The Morgan fingerprint density at radius 3 is 1.90 bits per heavy atom. The van der Waals surface area contributed by atoms with E-state index >= 15 is 0 Å². The van der Waals surface area contributed by atoms with Crippen LogP contribution in [0.3, 0.4) is 0 Å². The summed E-state index contributed by atoms with van der Waals surface area (Å²) >= 11 is 12.7. The molecule has 4 rings (SSSR count). The van der Waals surface area contributed by atoms with Crippen LogP contribution in [0.25, 0.3) is 6.08 Å². The SMILES string of the molecule is O=C(O)CCNC(=O)c1ccc(CN(CC(c2ccccc2)c2ccccc2)C(=O)C=Cc2c(Cl)cccc2Cl)cc1. The molecule has 42 heavy (non-hydrogen) atoms. The van der Waals surface area contributed by atoms with Crippen LogP contribution in [0.1, 0.15) is 45.0 Å². The summed E-state index contributed by atoms with van der Waals surface area (Å²) in [4.78, 5) is 38.6. The first-order chi connectivity index (χ1) is 20.3. The zero-order valence-corrected chi connectivity index (χ0v) is 24.3. The summed E-state index contributed by atoms with van der Waals surface area (Å²) in [6, 6.07) is 32.2. The Bertz CT molecular complexity index is 1480. The van der Waals surface area contributed by atoms with Crippen molar-refractivity contribution in [3.63, 3.8) is 0 Å². The van der Waals surface area contributed by atoms with Gasteiger partial charge >= 0.3 is 5.97 Å². The van der Waals surface area contributed by atoms with Gasteiger partial charge in [-0.15, -0.1) is 0 Å². The van der Waals surface area contributed by atoms with Gasteiger partial charge in [-0.25, -0.2) is 0 Å². The monoisotopic (exact) mass is 600 g/mol. The molecule has 8 heteroatoms. The quantitative estimate of drug-likeness (QED) is 0.170. The molecule has 0 bridgehead atoms. The van der Waals surface area contributed by atoms with Crippen molar-refractivity contribution in [3.05, 3.63) is 147 Å². The maximum atomic E-state index is 13.7. The van der Waals surface area contributed by atoms with Gasteiger partial charge in [-0.05, 0) is 47.0 Å². The third-order valence-corrected chi connectivity index (χ3v) is 7.38. The second-order valence-corrected chi connectivity index (χ2v) is 10.5. The molecule has 4 aromatic rings. The van der Waals surface area contributed by atoms with Crippen LogP contribution in [0, 0.1) is 0 Å². The zero-order valence-electron chi connectivity index (χ0n) is 22.8. The molecule has 0 aliphatic carbocycles. The average Bonchev–Trinajstić information content (AvgIpc) is 3.00. The molecular weight excluding hydrogens is 571 g/mol. The van der Waals surface area contributed by atoms with Gasteiger partial charge < -0.3 is 15.3 Å². The predicted octanol–water partition coefficient (Wildman–Crippen LogP) is 7.07. The maximum Gasteiger partial charge on any atom is 0.305 e. The normalized spacial score (nSPS) is 11.0. The number of hydrogen-bond donors (Lipinski definition) is 2. The Hall–Kier alpha value is -4.39. The number of amides is 2. The Morgan fingerprint density at radius 1 is 0.786 bits per heavy atom. The number of carboxylic acids is 1. The number of benzene rings is 4. The van der Waals surface area contributed by atoms with E-state index in [0.29, 0.717) is 27.7 Å². The lowest BCUT2D eigenvalue weighted by molar-refractivity contribution is -0.136. The zero-order chi connectivity index (χ0) is 29.9. The van der Waals surface area contributed by atoms with Crippen LogP contribution in [-0.4, -0.2) is 40.9 Å². The molecule has 4 aromatic carbocycles. The lowest BCUT2D eigenvalue weighted by Gasteiger charge is -2.28. The molecule has 0 heterocycles. The summed E-state index contributed by atoms with van der Waals surface area (Å²) in [5.74, 6) is -1.65. The molecule has 6 nitrogen and oxygen atoms in total. The van der Waals surface area contributed by atoms with Crippen LogP contribution in [0.5, 0.6) is 0 Å². The first-order valence-electron chi connectivity index (χ1n) is 13.4. The highest BCUT2D eigenvalue weighted by atomic mass is 35.5. The van der Waals surface area contributed by atoms with E-state index in [-0.39, 0.29) is 37.2 Å². The van der Waals surface area contributed by atoms with Crippen LogP contribution in [0.4, 0.5) is 0 Å². The van der Waals surface area contributed by atoms with Crippen molar-refractivity contribution in [3.8, 4) is 0 Å².